The summed E-state index contributed by atoms with van der Waals surface area (Å²) in [6.45, 7) is 1.22. The summed E-state index contributed by atoms with van der Waals surface area (Å²) in [6.07, 6.45) is 1.37. The van der Waals surface area contributed by atoms with Crippen molar-refractivity contribution >= 4 is 26.0 Å². The molecule has 5 nitrogen and oxygen atoms in total. The maximum atomic E-state index is 12.5. The molecule has 0 saturated carbocycles. The standard InChI is InChI=1S/C14H20BrNO4S/c15-11-12-1-3-14(4-2-12)21(18,19)16-7-5-13(6-8-16)20-10-9-17/h1-4,13,17H,5-11H2. The van der Waals surface area contributed by atoms with Crippen LogP contribution in [0.3, 0.4) is 0 Å². The molecule has 0 spiro atoms. The topological polar surface area (TPSA) is 66.8 Å². The van der Waals surface area contributed by atoms with Crippen molar-refractivity contribution in [2.75, 3.05) is 26.3 Å². The molecule has 1 heterocycles. The van der Waals surface area contributed by atoms with Crippen LogP contribution in [0.1, 0.15) is 18.4 Å². The third kappa shape index (κ3) is 4.26. The maximum absolute atomic E-state index is 12.5. The molecule has 0 amide bonds. The Hall–Kier alpha value is -0.470. The summed E-state index contributed by atoms with van der Waals surface area (Å²) in [6, 6.07) is 6.94. The molecule has 1 fully saturated rings. The minimum absolute atomic E-state index is 0.00155. The van der Waals surface area contributed by atoms with E-state index < -0.39 is 10.0 Å². The van der Waals surface area contributed by atoms with Crippen LogP contribution in [0.2, 0.25) is 0 Å². The van der Waals surface area contributed by atoms with Crippen molar-refractivity contribution in [1.82, 2.24) is 4.31 Å². The lowest BCUT2D eigenvalue weighted by Gasteiger charge is -2.31. The van der Waals surface area contributed by atoms with Crippen molar-refractivity contribution in [1.29, 1.82) is 0 Å². The maximum Gasteiger partial charge on any atom is 0.243 e. The number of piperidine rings is 1. The Morgan fingerprint density at radius 2 is 1.86 bits per heavy atom. The molecule has 0 bridgehead atoms. The van der Waals surface area contributed by atoms with Gasteiger partial charge >= 0.3 is 0 Å². The van der Waals surface area contributed by atoms with E-state index >= 15 is 0 Å². The zero-order valence-corrected chi connectivity index (χ0v) is 14.1. The molecule has 0 aliphatic carbocycles. The van der Waals surface area contributed by atoms with Crippen LogP contribution in [0.15, 0.2) is 29.2 Å². The van der Waals surface area contributed by atoms with Crippen molar-refractivity contribution in [3.05, 3.63) is 29.8 Å². The number of nitrogens with zero attached hydrogens (tertiary/aromatic N) is 1. The second-order valence-electron chi connectivity index (χ2n) is 4.98. The van der Waals surface area contributed by atoms with Crippen LogP contribution in [-0.4, -0.2) is 50.2 Å². The van der Waals surface area contributed by atoms with Gasteiger partial charge < -0.3 is 9.84 Å². The number of sulfonamides is 1. The van der Waals surface area contributed by atoms with Gasteiger partial charge in [-0.15, -0.1) is 0 Å². The largest absolute Gasteiger partial charge is 0.394 e. The van der Waals surface area contributed by atoms with Crippen molar-refractivity contribution in [3.8, 4) is 0 Å². The van der Waals surface area contributed by atoms with Gasteiger partial charge in [-0.1, -0.05) is 28.1 Å². The highest BCUT2D eigenvalue weighted by molar-refractivity contribution is 9.08. The second-order valence-corrected chi connectivity index (χ2v) is 7.47. The van der Waals surface area contributed by atoms with Gasteiger partial charge in [0.25, 0.3) is 0 Å². The first kappa shape index (κ1) is 16.9. The third-order valence-corrected chi connectivity index (χ3v) is 6.12. The molecule has 1 aromatic rings. The number of halogens is 1. The fourth-order valence-electron chi connectivity index (χ4n) is 2.36. The van der Waals surface area contributed by atoms with Crippen LogP contribution in [-0.2, 0) is 20.1 Å². The Morgan fingerprint density at radius 1 is 1.24 bits per heavy atom. The van der Waals surface area contributed by atoms with Crippen LogP contribution in [0, 0.1) is 0 Å². The lowest BCUT2D eigenvalue weighted by molar-refractivity contribution is 0.00318. The molecule has 1 saturated heterocycles. The van der Waals surface area contributed by atoms with Gasteiger partial charge in [-0.3, -0.25) is 0 Å². The van der Waals surface area contributed by atoms with Gasteiger partial charge in [-0.25, -0.2) is 8.42 Å². The minimum atomic E-state index is -3.42. The average Bonchev–Trinajstić information content (AvgIpc) is 2.53. The van der Waals surface area contributed by atoms with Crippen LogP contribution in [0.25, 0.3) is 0 Å². The zero-order valence-electron chi connectivity index (χ0n) is 11.7. The van der Waals surface area contributed by atoms with E-state index in [1.807, 2.05) is 12.1 Å². The molecule has 2 rings (SSSR count). The normalized spacial score (nSPS) is 18.0. The van der Waals surface area contributed by atoms with Gasteiger partial charge in [0.1, 0.15) is 0 Å². The molecule has 0 radical (unpaired) electrons. The van der Waals surface area contributed by atoms with Crippen molar-refractivity contribution in [2.24, 2.45) is 0 Å². The third-order valence-electron chi connectivity index (χ3n) is 3.56. The number of hydrogen-bond donors (Lipinski definition) is 1. The first-order valence-corrected chi connectivity index (χ1v) is 9.51. The highest BCUT2D eigenvalue weighted by Gasteiger charge is 2.29. The predicted molar refractivity (Wildman–Crippen MR) is 83.9 cm³/mol. The van der Waals surface area contributed by atoms with E-state index in [1.54, 1.807) is 12.1 Å². The molecule has 1 aromatic carbocycles. The van der Waals surface area contributed by atoms with Gasteiger partial charge in [0.2, 0.25) is 10.0 Å². The summed E-state index contributed by atoms with van der Waals surface area (Å²) in [5.74, 6) is 0. The summed E-state index contributed by atoms with van der Waals surface area (Å²) in [4.78, 5) is 0.335. The number of hydrogen-bond acceptors (Lipinski definition) is 4. The monoisotopic (exact) mass is 377 g/mol. The lowest BCUT2D eigenvalue weighted by Crippen LogP contribution is -2.41. The Bertz CT molecular complexity index is 539. The van der Waals surface area contributed by atoms with E-state index in [0.717, 1.165) is 5.56 Å². The van der Waals surface area contributed by atoms with Gasteiger partial charge in [0, 0.05) is 18.4 Å². The second kappa shape index (κ2) is 7.69. The van der Waals surface area contributed by atoms with E-state index in [9.17, 15) is 8.42 Å². The Kier molecular flexibility index (Phi) is 6.19. The van der Waals surface area contributed by atoms with Gasteiger partial charge in [0.05, 0.1) is 24.2 Å². The fraction of sp³-hybridized carbons (Fsp3) is 0.571. The molecule has 118 valence electrons. The first-order chi connectivity index (χ1) is 10.1. The van der Waals surface area contributed by atoms with Gasteiger partial charge in [-0.2, -0.15) is 4.31 Å². The number of aliphatic hydroxyl groups is 1. The van der Waals surface area contributed by atoms with E-state index in [0.29, 0.717) is 42.8 Å². The SMILES string of the molecule is O=S(=O)(c1ccc(CBr)cc1)N1CCC(OCCO)CC1. The summed E-state index contributed by atoms with van der Waals surface area (Å²) in [5.41, 5.74) is 1.05. The highest BCUT2D eigenvalue weighted by atomic mass is 79.9. The molecule has 0 aromatic heterocycles. The molecule has 1 aliphatic rings. The van der Waals surface area contributed by atoms with Gasteiger partial charge in [0.15, 0.2) is 0 Å². The fourth-order valence-corrected chi connectivity index (χ4v) is 4.20. The Labute approximate surface area is 134 Å². The predicted octanol–water partition coefficient (Wildman–Crippen LogP) is 1.74. The van der Waals surface area contributed by atoms with Crippen molar-refractivity contribution in [2.45, 2.75) is 29.2 Å². The summed E-state index contributed by atoms with van der Waals surface area (Å²) in [5, 5.41) is 9.44. The molecule has 7 heteroatoms. The number of rotatable bonds is 6. The smallest absolute Gasteiger partial charge is 0.243 e. The molecule has 21 heavy (non-hydrogen) atoms. The quantitative estimate of drug-likeness (QED) is 0.766. The van der Waals surface area contributed by atoms with Crippen molar-refractivity contribution < 1.29 is 18.3 Å². The Balaban J connectivity index is 2.00. The Morgan fingerprint density at radius 3 is 2.38 bits per heavy atom. The van der Waals surface area contributed by atoms with E-state index in [1.165, 1.54) is 4.31 Å². The minimum Gasteiger partial charge on any atom is -0.394 e. The molecular formula is C14H20BrNO4S. The number of aliphatic hydroxyl groups excluding tert-OH is 1. The summed E-state index contributed by atoms with van der Waals surface area (Å²) < 4.78 is 32.0. The van der Waals surface area contributed by atoms with E-state index in [-0.39, 0.29) is 12.7 Å². The van der Waals surface area contributed by atoms with Crippen LogP contribution >= 0.6 is 15.9 Å². The number of benzene rings is 1. The number of alkyl halides is 1. The van der Waals surface area contributed by atoms with Crippen LogP contribution in [0.4, 0.5) is 0 Å². The highest BCUT2D eigenvalue weighted by Crippen LogP contribution is 2.22. The van der Waals surface area contributed by atoms with Gasteiger partial charge in [-0.05, 0) is 30.5 Å². The average molecular weight is 378 g/mol. The van der Waals surface area contributed by atoms with E-state index in [2.05, 4.69) is 15.9 Å². The lowest BCUT2D eigenvalue weighted by atomic mass is 10.1. The number of ether oxygens (including phenoxy) is 1. The van der Waals surface area contributed by atoms with Crippen LogP contribution in [0.5, 0.6) is 0 Å². The first-order valence-electron chi connectivity index (χ1n) is 6.95. The molecule has 1 aliphatic heterocycles. The zero-order chi connectivity index (χ0) is 15.3. The van der Waals surface area contributed by atoms with Crippen molar-refractivity contribution in [3.63, 3.8) is 0 Å². The molecule has 0 unspecified atom stereocenters. The molecule has 0 atom stereocenters. The summed E-state index contributed by atoms with van der Waals surface area (Å²) >= 11 is 3.34. The summed E-state index contributed by atoms with van der Waals surface area (Å²) in [7, 11) is -3.42. The van der Waals surface area contributed by atoms with E-state index in [4.69, 9.17) is 9.84 Å². The van der Waals surface area contributed by atoms with Crippen LogP contribution < -0.4 is 0 Å². The molecule has 1 N–H and O–H groups in total. The molecular weight excluding hydrogens is 358 g/mol.